The third-order valence-corrected chi connectivity index (χ3v) is 4.62. The van der Waals surface area contributed by atoms with E-state index in [9.17, 15) is 0 Å². The van der Waals surface area contributed by atoms with Crippen LogP contribution in [0.1, 0.15) is 51.6 Å². The van der Waals surface area contributed by atoms with Crippen LogP contribution in [0, 0.1) is 11.8 Å². The van der Waals surface area contributed by atoms with E-state index in [4.69, 9.17) is 0 Å². The molecule has 0 aliphatic heterocycles. The van der Waals surface area contributed by atoms with E-state index in [0.29, 0.717) is 18.0 Å². The molecule has 0 radical (unpaired) electrons. The molecule has 1 N–H and O–H groups in total. The van der Waals surface area contributed by atoms with Gasteiger partial charge in [-0.1, -0.05) is 51.1 Å². The van der Waals surface area contributed by atoms with Gasteiger partial charge in [-0.05, 0) is 50.3 Å². The minimum Gasteiger partial charge on any atom is -0.312 e. The molecule has 2 heteroatoms. The molecule has 118 valence electrons. The summed E-state index contributed by atoms with van der Waals surface area (Å²) in [6.45, 7) is 9.53. The Kier molecular flexibility index (Phi) is 6.25. The van der Waals surface area contributed by atoms with Crippen molar-refractivity contribution < 1.29 is 0 Å². The van der Waals surface area contributed by atoms with Crippen LogP contribution < -0.4 is 5.32 Å². The van der Waals surface area contributed by atoms with Gasteiger partial charge in [-0.15, -0.1) is 0 Å². The molecule has 0 saturated heterocycles. The van der Waals surface area contributed by atoms with Crippen LogP contribution in [0.4, 0.5) is 0 Å². The van der Waals surface area contributed by atoms with Gasteiger partial charge in [-0.25, -0.2) is 0 Å². The Bertz CT molecular complexity index is 397. The lowest BCUT2D eigenvalue weighted by Gasteiger charge is -2.40. The van der Waals surface area contributed by atoms with Gasteiger partial charge in [0.05, 0.1) is 0 Å². The lowest BCUT2D eigenvalue weighted by molar-refractivity contribution is 0.114. The Morgan fingerprint density at radius 1 is 1.19 bits per heavy atom. The first-order valence-corrected chi connectivity index (χ1v) is 8.63. The smallest absolute Gasteiger partial charge is 0.0478 e. The molecule has 0 heterocycles. The standard InChI is InChI=1S/C19H32N2/c1-5-13-21(14-16-11-12-16)19(15(2)3)18(20-4)17-9-7-6-8-10-17/h6-10,15-16,18-20H,5,11-14H2,1-4H3. The van der Waals surface area contributed by atoms with Crippen LogP contribution in [-0.2, 0) is 0 Å². The predicted molar refractivity (Wildman–Crippen MR) is 91.5 cm³/mol. The second-order valence-corrected chi connectivity index (χ2v) is 6.85. The van der Waals surface area contributed by atoms with Crippen molar-refractivity contribution in [3.05, 3.63) is 35.9 Å². The molecule has 1 aliphatic carbocycles. The summed E-state index contributed by atoms with van der Waals surface area (Å²) in [7, 11) is 2.11. The molecule has 2 rings (SSSR count). The summed E-state index contributed by atoms with van der Waals surface area (Å²) < 4.78 is 0. The first-order valence-electron chi connectivity index (χ1n) is 8.63. The third-order valence-electron chi connectivity index (χ3n) is 4.62. The van der Waals surface area contributed by atoms with Crippen LogP contribution >= 0.6 is 0 Å². The average molecular weight is 288 g/mol. The summed E-state index contributed by atoms with van der Waals surface area (Å²) in [5, 5.41) is 3.59. The topological polar surface area (TPSA) is 15.3 Å². The highest BCUT2D eigenvalue weighted by Gasteiger charge is 2.33. The van der Waals surface area contributed by atoms with Crippen molar-refractivity contribution in [2.75, 3.05) is 20.1 Å². The Labute approximate surface area is 130 Å². The second kappa shape index (κ2) is 7.95. The normalized spacial score (nSPS) is 18.2. The summed E-state index contributed by atoms with van der Waals surface area (Å²) in [5.74, 6) is 1.60. The predicted octanol–water partition coefficient (Wildman–Crippen LogP) is 4.09. The molecular formula is C19H32N2. The Morgan fingerprint density at radius 2 is 1.86 bits per heavy atom. The van der Waals surface area contributed by atoms with Crippen LogP contribution in [-0.4, -0.2) is 31.1 Å². The van der Waals surface area contributed by atoms with Crippen molar-refractivity contribution in [1.29, 1.82) is 0 Å². The number of benzene rings is 1. The van der Waals surface area contributed by atoms with E-state index in [1.165, 1.54) is 37.9 Å². The van der Waals surface area contributed by atoms with Crippen LogP contribution in [0.5, 0.6) is 0 Å². The molecule has 21 heavy (non-hydrogen) atoms. The number of rotatable bonds is 9. The molecular weight excluding hydrogens is 256 g/mol. The number of hydrogen-bond donors (Lipinski definition) is 1. The first kappa shape index (κ1) is 16.5. The maximum Gasteiger partial charge on any atom is 0.0478 e. The third kappa shape index (κ3) is 4.55. The largest absolute Gasteiger partial charge is 0.312 e. The van der Waals surface area contributed by atoms with E-state index < -0.39 is 0 Å². The molecule has 0 bridgehead atoms. The first-order chi connectivity index (χ1) is 10.2. The molecule has 2 nitrogen and oxygen atoms in total. The quantitative estimate of drug-likeness (QED) is 0.736. The summed E-state index contributed by atoms with van der Waals surface area (Å²) in [6.07, 6.45) is 4.10. The molecule has 0 spiro atoms. The number of likely N-dealkylation sites (N-methyl/N-ethyl adjacent to an activating group) is 1. The zero-order valence-corrected chi connectivity index (χ0v) is 14.2. The molecule has 2 unspecified atom stereocenters. The fourth-order valence-electron chi connectivity index (χ4n) is 3.49. The van der Waals surface area contributed by atoms with Gasteiger partial charge in [0.2, 0.25) is 0 Å². The number of nitrogens with zero attached hydrogens (tertiary/aromatic N) is 1. The fraction of sp³-hybridized carbons (Fsp3) is 0.684. The van der Waals surface area contributed by atoms with E-state index in [1.807, 2.05) is 0 Å². The number of hydrogen-bond acceptors (Lipinski definition) is 2. The van der Waals surface area contributed by atoms with Crippen molar-refractivity contribution in [2.45, 2.75) is 52.1 Å². The van der Waals surface area contributed by atoms with Gasteiger partial charge < -0.3 is 5.32 Å². The minimum atomic E-state index is 0.413. The van der Waals surface area contributed by atoms with Crippen molar-refractivity contribution in [3.8, 4) is 0 Å². The highest BCUT2D eigenvalue weighted by Crippen LogP contribution is 2.34. The number of nitrogens with one attached hydrogen (secondary N) is 1. The van der Waals surface area contributed by atoms with Gasteiger partial charge in [0.15, 0.2) is 0 Å². The molecule has 0 aromatic heterocycles. The summed E-state index contributed by atoms with van der Waals surface area (Å²) >= 11 is 0. The van der Waals surface area contributed by atoms with Crippen LogP contribution in [0.3, 0.4) is 0 Å². The van der Waals surface area contributed by atoms with Crippen LogP contribution in [0.25, 0.3) is 0 Å². The van der Waals surface area contributed by atoms with E-state index in [1.54, 1.807) is 0 Å². The minimum absolute atomic E-state index is 0.413. The molecule has 2 atom stereocenters. The van der Waals surface area contributed by atoms with Crippen molar-refractivity contribution >= 4 is 0 Å². The van der Waals surface area contributed by atoms with Crippen molar-refractivity contribution in [1.82, 2.24) is 10.2 Å². The zero-order valence-electron chi connectivity index (χ0n) is 14.2. The molecule has 1 aromatic rings. The molecule has 1 fully saturated rings. The Hall–Kier alpha value is -0.860. The van der Waals surface area contributed by atoms with Gasteiger partial charge in [0.25, 0.3) is 0 Å². The van der Waals surface area contributed by atoms with E-state index in [2.05, 4.69) is 68.4 Å². The van der Waals surface area contributed by atoms with Crippen molar-refractivity contribution in [2.24, 2.45) is 11.8 Å². The summed E-state index contributed by atoms with van der Waals surface area (Å²) in [6, 6.07) is 11.9. The maximum atomic E-state index is 3.59. The second-order valence-electron chi connectivity index (χ2n) is 6.85. The van der Waals surface area contributed by atoms with Gasteiger partial charge in [-0.2, -0.15) is 0 Å². The summed E-state index contributed by atoms with van der Waals surface area (Å²) in [4.78, 5) is 2.75. The van der Waals surface area contributed by atoms with Crippen molar-refractivity contribution in [3.63, 3.8) is 0 Å². The van der Waals surface area contributed by atoms with Gasteiger partial charge in [0, 0.05) is 18.6 Å². The lowest BCUT2D eigenvalue weighted by Crippen LogP contribution is -2.48. The van der Waals surface area contributed by atoms with Gasteiger partial charge in [0.1, 0.15) is 0 Å². The van der Waals surface area contributed by atoms with Crippen LogP contribution in [0.2, 0.25) is 0 Å². The molecule has 1 aromatic carbocycles. The maximum absolute atomic E-state index is 3.59. The van der Waals surface area contributed by atoms with Gasteiger partial charge >= 0.3 is 0 Å². The highest BCUT2D eigenvalue weighted by atomic mass is 15.2. The van der Waals surface area contributed by atoms with Gasteiger partial charge in [-0.3, -0.25) is 4.90 Å². The fourth-order valence-corrected chi connectivity index (χ4v) is 3.49. The SMILES string of the molecule is CCCN(CC1CC1)C(C(C)C)C(NC)c1ccccc1. The van der Waals surface area contributed by atoms with E-state index in [-0.39, 0.29) is 0 Å². The van der Waals surface area contributed by atoms with E-state index >= 15 is 0 Å². The Balaban J connectivity index is 2.20. The average Bonchev–Trinajstić information content (AvgIpc) is 3.29. The summed E-state index contributed by atoms with van der Waals surface area (Å²) in [5.41, 5.74) is 1.41. The van der Waals surface area contributed by atoms with Crippen LogP contribution in [0.15, 0.2) is 30.3 Å². The lowest BCUT2D eigenvalue weighted by atomic mass is 9.89. The highest BCUT2D eigenvalue weighted by molar-refractivity contribution is 5.21. The van der Waals surface area contributed by atoms with E-state index in [0.717, 1.165) is 5.92 Å². The monoisotopic (exact) mass is 288 g/mol. The molecule has 1 saturated carbocycles. The molecule has 1 aliphatic rings. The molecule has 0 amide bonds. The Morgan fingerprint density at radius 3 is 2.33 bits per heavy atom. The zero-order chi connectivity index (χ0) is 15.2.